The first-order valence-corrected chi connectivity index (χ1v) is 7.39. The molecule has 0 bridgehead atoms. The zero-order valence-corrected chi connectivity index (χ0v) is 14.6. The SMILES string of the molecule is C=CCOC[C@H](NCc1c(OC)cc(OC)cc1OC)C(=O)OC. The summed E-state index contributed by atoms with van der Waals surface area (Å²) in [6, 6.07) is 2.88. The molecule has 0 fully saturated rings. The van der Waals surface area contributed by atoms with E-state index in [4.69, 9.17) is 23.7 Å². The molecule has 1 aromatic rings. The molecule has 7 heteroatoms. The van der Waals surface area contributed by atoms with Crippen molar-refractivity contribution in [3.8, 4) is 17.2 Å². The molecule has 134 valence electrons. The molecule has 1 aromatic carbocycles. The van der Waals surface area contributed by atoms with E-state index in [9.17, 15) is 4.79 Å². The van der Waals surface area contributed by atoms with Gasteiger partial charge in [0.1, 0.15) is 23.3 Å². The number of carbonyl (C=O) groups excluding carboxylic acids is 1. The minimum absolute atomic E-state index is 0.166. The van der Waals surface area contributed by atoms with Crippen molar-refractivity contribution >= 4 is 5.97 Å². The van der Waals surface area contributed by atoms with Crippen molar-refractivity contribution in [2.75, 3.05) is 41.7 Å². The Kier molecular flexibility index (Phi) is 8.67. The van der Waals surface area contributed by atoms with Crippen LogP contribution in [-0.4, -0.2) is 53.7 Å². The summed E-state index contributed by atoms with van der Waals surface area (Å²) >= 11 is 0. The second-order valence-corrected chi connectivity index (χ2v) is 4.79. The predicted molar refractivity (Wildman–Crippen MR) is 89.8 cm³/mol. The van der Waals surface area contributed by atoms with Crippen LogP contribution >= 0.6 is 0 Å². The van der Waals surface area contributed by atoms with Crippen LogP contribution in [0.3, 0.4) is 0 Å². The molecule has 0 aliphatic heterocycles. The number of hydrogen-bond acceptors (Lipinski definition) is 7. The van der Waals surface area contributed by atoms with Crippen LogP contribution in [0, 0.1) is 0 Å². The van der Waals surface area contributed by atoms with Crippen LogP contribution in [0.5, 0.6) is 17.2 Å². The molecule has 0 saturated heterocycles. The number of carbonyl (C=O) groups is 1. The molecule has 0 aromatic heterocycles. The standard InChI is InChI=1S/C17H25NO6/c1-6-7-24-11-14(17(19)23-5)18-10-13-15(21-3)8-12(20-2)9-16(13)22-4/h6,8-9,14,18H,1,7,10-11H2,2-5H3/t14-/m0/s1. The largest absolute Gasteiger partial charge is 0.496 e. The van der Waals surface area contributed by atoms with Gasteiger partial charge in [-0.25, -0.2) is 0 Å². The molecule has 1 N–H and O–H groups in total. The Morgan fingerprint density at radius 1 is 1.17 bits per heavy atom. The van der Waals surface area contributed by atoms with Crippen molar-refractivity contribution in [3.63, 3.8) is 0 Å². The summed E-state index contributed by atoms with van der Waals surface area (Å²) in [5.74, 6) is 1.39. The van der Waals surface area contributed by atoms with Crippen LogP contribution in [0.25, 0.3) is 0 Å². The Morgan fingerprint density at radius 3 is 2.25 bits per heavy atom. The highest BCUT2D eigenvalue weighted by molar-refractivity contribution is 5.75. The highest BCUT2D eigenvalue weighted by atomic mass is 16.5. The summed E-state index contributed by atoms with van der Waals surface area (Å²) in [4.78, 5) is 11.9. The summed E-state index contributed by atoms with van der Waals surface area (Å²) in [7, 11) is 6.01. The first kappa shape index (κ1) is 19.8. The molecule has 24 heavy (non-hydrogen) atoms. The van der Waals surface area contributed by atoms with Gasteiger partial charge in [0, 0.05) is 18.7 Å². The first-order valence-electron chi connectivity index (χ1n) is 7.39. The number of esters is 1. The molecule has 0 radical (unpaired) electrons. The van der Waals surface area contributed by atoms with Gasteiger partial charge in [-0.3, -0.25) is 10.1 Å². The molecule has 0 aliphatic rings. The Labute approximate surface area is 142 Å². The van der Waals surface area contributed by atoms with Gasteiger partial charge in [-0.2, -0.15) is 0 Å². The second-order valence-electron chi connectivity index (χ2n) is 4.79. The fourth-order valence-electron chi connectivity index (χ4n) is 2.10. The van der Waals surface area contributed by atoms with Gasteiger partial charge in [-0.15, -0.1) is 6.58 Å². The topological polar surface area (TPSA) is 75.3 Å². The molecule has 0 unspecified atom stereocenters. The van der Waals surface area contributed by atoms with Gasteiger partial charge in [-0.1, -0.05) is 6.08 Å². The third-order valence-corrected chi connectivity index (χ3v) is 3.35. The molecule has 1 atom stereocenters. The average molecular weight is 339 g/mol. The molecule has 0 saturated carbocycles. The quantitative estimate of drug-likeness (QED) is 0.372. The van der Waals surface area contributed by atoms with Crippen LogP contribution in [0.2, 0.25) is 0 Å². The molecular weight excluding hydrogens is 314 g/mol. The van der Waals surface area contributed by atoms with Gasteiger partial charge >= 0.3 is 5.97 Å². The number of rotatable bonds is 11. The third-order valence-electron chi connectivity index (χ3n) is 3.35. The van der Waals surface area contributed by atoms with E-state index in [1.54, 1.807) is 39.5 Å². The highest BCUT2D eigenvalue weighted by Crippen LogP contribution is 2.33. The van der Waals surface area contributed by atoms with Crippen LogP contribution in [-0.2, 0) is 20.8 Å². The third kappa shape index (κ3) is 5.43. The molecular formula is C17H25NO6. The van der Waals surface area contributed by atoms with Crippen LogP contribution in [0.1, 0.15) is 5.56 Å². The van der Waals surface area contributed by atoms with Gasteiger partial charge < -0.3 is 23.7 Å². The normalized spacial score (nSPS) is 11.5. The first-order chi connectivity index (χ1) is 11.6. The summed E-state index contributed by atoms with van der Waals surface area (Å²) < 4.78 is 26.1. The zero-order chi connectivity index (χ0) is 17.9. The van der Waals surface area contributed by atoms with Gasteiger partial charge in [0.05, 0.1) is 47.2 Å². The van der Waals surface area contributed by atoms with E-state index in [1.165, 1.54) is 7.11 Å². The van der Waals surface area contributed by atoms with E-state index in [0.717, 1.165) is 5.56 Å². The number of nitrogens with one attached hydrogen (secondary N) is 1. The van der Waals surface area contributed by atoms with Gasteiger partial charge in [0.2, 0.25) is 0 Å². The smallest absolute Gasteiger partial charge is 0.325 e. The number of ether oxygens (including phenoxy) is 5. The van der Waals surface area contributed by atoms with E-state index in [-0.39, 0.29) is 6.61 Å². The van der Waals surface area contributed by atoms with Crippen LogP contribution in [0.4, 0.5) is 0 Å². The van der Waals surface area contributed by atoms with E-state index in [0.29, 0.717) is 30.4 Å². The fourth-order valence-corrected chi connectivity index (χ4v) is 2.10. The summed E-state index contributed by atoms with van der Waals surface area (Å²) in [6.45, 7) is 4.42. The molecule has 0 aliphatic carbocycles. The summed E-state index contributed by atoms with van der Waals surface area (Å²) in [6.07, 6.45) is 1.61. The van der Waals surface area contributed by atoms with Crippen molar-refractivity contribution in [1.29, 1.82) is 0 Å². The molecule has 0 heterocycles. The van der Waals surface area contributed by atoms with E-state index in [2.05, 4.69) is 11.9 Å². The van der Waals surface area contributed by atoms with Crippen LogP contribution < -0.4 is 19.5 Å². The van der Waals surface area contributed by atoms with Gasteiger partial charge in [0.15, 0.2) is 0 Å². The molecule has 0 amide bonds. The Hall–Kier alpha value is -2.25. The summed E-state index contributed by atoms with van der Waals surface area (Å²) in [5, 5.41) is 3.10. The number of hydrogen-bond donors (Lipinski definition) is 1. The highest BCUT2D eigenvalue weighted by Gasteiger charge is 2.21. The Bertz CT molecular complexity index is 521. The lowest BCUT2D eigenvalue weighted by molar-refractivity contribution is -0.144. The van der Waals surface area contributed by atoms with Crippen molar-refractivity contribution in [2.45, 2.75) is 12.6 Å². The number of benzene rings is 1. The minimum Gasteiger partial charge on any atom is -0.496 e. The molecule has 1 rings (SSSR count). The van der Waals surface area contributed by atoms with Crippen molar-refractivity contribution in [2.24, 2.45) is 0 Å². The molecule has 0 spiro atoms. The summed E-state index contributed by atoms with van der Waals surface area (Å²) in [5.41, 5.74) is 0.762. The maximum absolute atomic E-state index is 11.9. The van der Waals surface area contributed by atoms with Crippen LogP contribution in [0.15, 0.2) is 24.8 Å². The lowest BCUT2D eigenvalue weighted by Crippen LogP contribution is -2.41. The maximum atomic E-state index is 11.9. The van der Waals surface area contributed by atoms with Crippen molar-refractivity contribution in [3.05, 3.63) is 30.4 Å². The predicted octanol–water partition coefficient (Wildman–Crippen LogP) is 1.55. The number of methoxy groups -OCH3 is 4. The zero-order valence-electron chi connectivity index (χ0n) is 14.6. The van der Waals surface area contributed by atoms with Gasteiger partial charge in [-0.05, 0) is 0 Å². The van der Waals surface area contributed by atoms with Gasteiger partial charge in [0.25, 0.3) is 0 Å². The maximum Gasteiger partial charge on any atom is 0.325 e. The monoisotopic (exact) mass is 339 g/mol. The van der Waals surface area contributed by atoms with E-state index >= 15 is 0 Å². The van der Waals surface area contributed by atoms with Crippen molar-refractivity contribution in [1.82, 2.24) is 5.32 Å². The minimum atomic E-state index is -0.619. The fraction of sp³-hybridized carbons (Fsp3) is 0.471. The van der Waals surface area contributed by atoms with E-state index in [1.807, 2.05) is 0 Å². The van der Waals surface area contributed by atoms with E-state index < -0.39 is 12.0 Å². The average Bonchev–Trinajstić information content (AvgIpc) is 2.63. The lowest BCUT2D eigenvalue weighted by Gasteiger charge is -2.19. The Balaban J connectivity index is 2.92. The lowest BCUT2D eigenvalue weighted by atomic mass is 10.1. The van der Waals surface area contributed by atoms with Crippen molar-refractivity contribution < 1.29 is 28.5 Å². The second kappa shape index (κ2) is 10.5. The molecule has 7 nitrogen and oxygen atoms in total. The Morgan fingerprint density at radius 2 is 1.79 bits per heavy atom.